The number of rotatable bonds is 10. The van der Waals surface area contributed by atoms with E-state index in [1.54, 1.807) is 6.07 Å². The average Bonchev–Trinajstić information content (AvgIpc) is 3.44. The summed E-state index contributed by atoms with van der Waals surface area (Å²) in [5.74, 6) is -0.438. The lowest BCUT2D eigenvalue weighted by Crippen LogP contribution is -2.37. The van der Waals surface area contributed by atoms with Crippen LogP contribution in [0.2, 0.25) is 5.02 Å². The van der Waals surface area contributed by atoms with E-state index in [1.807, 2.05) is 0 Å². The maximum absolute atomic E-state index is 13.1. The molecule has 0 saturated carbocycles. The molecule has 38 heavy (non-hydrogen) atoms. The van der Waals surface area contributed by atoms with Crippen LogP contribution in [0, 0.1) is 0 Å². The molecule has 0 saturated heterocycles. The van der Waals surface area contributed by atoms with Gasteiger partial charge in [0.05, 0.1) is 18.4 Å². The average molecular weight is 552 g/mol. The highest BCUT2D eigenvalue weighted by Gasteiger charge is 2.39. The molecule has 4 rings (SSSR count). The van der Waals surface area contributed by atoms with Gasteiger partial charge in [-0.25, -0.2) is 19.1 Å². The summed E-state index contributed by atoms with van der Waals surface area (Å²) in [4.78, 5) is 32.3. The molecule has 0 aliphatic heterocycles. The van der Waals surface area contributed by atoms with Gasteiger partial charge >= 0.3 is 11.9 Å². The highest BCUT2D eigenvalue weighted by atomic mass is 35.5. The van der Waals surface area contributed by atoms with Gasteiger partial charge in [0.1, 0.15) is 18.6 Å². The summed E-state index contributed by atoms with van der Waals surface area (Å²) in [5.41, 5.74) is 5.67. The molecule has 0 unspecified atom stereocenters. The second-order valence-electron chi connectivity index (χ2n) is 8.08. The van der Waals surface area contributed by atoms with Crippen molar-refractivity contribution < 1.29 is 23.1 Å². The van der Waals surface area contributed by atoms with E-state index >= 15 is 0 Å². The number of benzene rings is 1. The Labute approximate surface area is 217 Å². The quantitative estimate of drug-likeness (QED) is 0.268. The van der Waals surface area contributed by atoms with Crippen molar-refractivity contribution in [1.82, 2.24) is 34.1 Å². The number of amides is 1. The minimum atomic E-state index is -4.94. The minimum Gasteiger partial charge on any atom is -0.383 e. The number of alkyl halides is 3. The van der Waals surface area contributed by atoms with Gasteiger partial charge in [-0.1, -0.05) is 11.6 Å². The van der Waals surface area contributed by atoms with E-state index in [2.05, 4.69) is 25.5 Å². The number of hydrogen-bond acceptors (Lipinski definition) is 8. The number of pyridine rings is 1. The standard InChI is InChI=1S/C22H21ClF3N9O3/c23-14-3-1-13(2-4-14)20-32-34(21(38)33(20)10-17(36)22(24,25)26)11-19-30-12-35(31-19)16-9-28-7-5-15(16)29-8-6-18(27)37/h1-5,7,9,12,17,36H,6,8,10-11H2,(H2,27,37)(H,28,29)/t17-/m0/s1. The van der Waals surface area contributed by atoms with E-state index in [0.717, 1.165) is 9.25 Å². The Hall–Kier alpha value is -4.24. The first-order valence-corrected chi connectivity index (χ1v) is 11.5. The molecular weight excluding hydrogens is 531 g/mol. The van der Waals surface area contributed by atoms with Crippen molar-refractivity contribution >= 4 is 23.2 Å². The van der Waals surface area contributed by atoms with Gasteiger partial charge < -0.3 is 16.2 Å². The SMILES string of the molecule is NC(=O)CCNc1ccncc1-n1cnc(Cn2nc(-c3ccc(Cl)cc3)n(C[C@H](O)C(F)(F)F)c2=O)n1. The second-order valence-corrected chi connectivity index (χ2v) is 8.52. The van der Waals surface area contributed by atoms with Gasteiger partial charge in [0.2, 0.25) is 5.91 Å². The number of aliphatic hydroxyl groups is 1. The fourth-order valence-corrected chi connectivity index (χ4v) is 3.58. The fourth-order valence-electron chi connectivity index (χ4n) is 3.46. The van der Waals surface area contributed by atoms with E-state index in [9.17, 15) is 27.9 Å². The summed E-state index contributed by atoms with van der Waals surface area (Å²) in [6.45, 7) is -1.05. The van der Waals surface area contributed by atoms with Crippen molar-refractivity contribution in [2.45, 2.75) is 31.8 Å². The largest absolute Gasteiger partial charge is 0.416 e. The maximum Gasteiger partial charge on any atom is 0.416 e. The molecular formula is C22H21ClF3N9O3. The van der Waals surface area contributed by atoms with Crippen LogP contribution in [0.3, 0.4) is 0 Å². The van der Waals surface area contributed by atoms with E-state index in [0.29, 0.717) is 22.0 Å². The first-order chi connectivity index (χ1) is 18.0. The fraction of sp³-hybridized carbons (Fsp3) is 0.273. The third-order valence-electron chi connectivity index (χ3n) is 5.32. The third kappa shape index (κ3) is 6.18. The van der Waals surface area contributed by atoms with Crippen LogP contribution in [0.5, 0.6) is 0 Å². The number of aromatic nitrogens is 7. The molecule has 0 aliphatic carbocycles. The summed E-state index contributed by atoms with van der Waals surface area (Å²) in [6, 6.07) is 7.64. The van der Waals surface area contributed by atoms with Gasteiger partial charge in [0.15, 0.2) is 17.8 Å². The highest BCUT2D eigenvalue weighted by Crippen LogP contribution is 2.24. The molecule has 4 aromatic rings. The Kier molecular flexibility index (Phi) is 7.78. The molecule has 12 nitrogen and oxygen atoms in total. The Balaban J connectivity index is 1.64. The number of carbonyl (C=O) groups excluding carboxylic acids is 1. The Bertz CT molecular complexity index is 1480. The molecule has 200 valence electrons. The summed E-state index contributed by atoms with van der Waals surface area (Å²) in [7, 11) is 0. The summed E-state index contributed by atoms with van der Waals surface area (Å²) in [6.07, 6.45) is -3.22. The Morgan fingerprint density at radius 3 is 2.61 bits per heavy atom. The number of halogens is 4. The molecule has 1 aromatic carbocycles. The van der Waals surface area contributed by atoms with Gasteiger partial charge in [-0.15, -0.1) is 10.2 Å². The Morgan fingerprint density at radius 2 is 1.92 bits per heavy atom. The van der Waals surface area contributed by atoms with Crippen molar-refractivity contribution in [3.63, 3.8) is 0 Å². The first-order valence-electron chi connectivity index (χ1n) is 11.1. The van der Waals surface area contributed by atoms with Gasteiger partial charge in [0, 0.05) is 29.7 Å². The predicted octanol–water partition coefficient (Wildman–Crippen LogP) is 1.60. The molecule has 0 fully saturated rings. The molecule has 3 heterocycles. The van der Waals surface area contributed by atoms with E-state index in [1.165, 1.54) is 47.7 Å². The lowest BCUT2D eigenvalue weighted by atomic mass is 10.2. The lowest BCUT2D eigenvalue weighted by molar-refractivity contribution is -0.207. The van der Waals surface area contributed by atoms with Crippen LogP contribution in [0.1, 0.15) is 12.2 Å². The topological polar surface area (TPSA) is 159 Å². The molecule has 1 amide bonds. The van der Waals surface area contributed by atoms with Crippen LogP contribution in [-0.4, -0.2) is 63.9 Å². The molecule has 3 aromatic heterocycles. The van der Waals surface area contributed by atoms with Crippen LogP contribution in [0.15, 0.2) is 53.8 Å². The number of nitrogens with zero attached hydrogens (tertiary/aromatic N) is 7. The monoisotopic (exact) mass is 551 g/mol. The van der Waals surface area contributed by atoms with Crippen molar-refractivity contribution in [2.24, 2.45) is 5.73 Å². The second kappa shape index (κ2) is 11.0. The zero-order chi connectivity index (χ0) is 27.4. The maximum atomic E-state index is 13.1. The number of carbonyl (C=O) groups is 1. The number of nitrogens with two attached hydrogens (primary N) is 1. The minimum absolute atomic E-state index is 0.0948. The van der Waals surface area contributed by atoms with Gasteiger partial charge in [-0.05, 0) is 30.3 Å². The first kappa shape index (κ1) is 26.8. The van der Waals surface area contributed by atoms with Crippen LogP contribution in [0.4, 0.5) is 18.9 Å². The molecule has 0 radical (unpaired) electrons. The lowest BCUT2D eigenvalue weighted by Gasteiger charge is -2.15. The molecule has 4 N–H and O–H groups in total. The zero-order valence-electron chi connectivity index (χ0n) is 19.5. The summed E-state index contributed by atoms with van der Waals surface area (Å²) < 4.78 is 42.2. The van der Waals surface area contributed by atoms with Crippen LogP contribution in [-0.2, 0) is 17.9 Å². The van der Waals surface area contributed by atoms with E-state index in [4.69, 9.17) is 17.3 Å². The van der Waals surface area contributed by atoms with Gasteiger partial charge in [0.25, 0.3) is 0 Å². The van der Waals surface area contributed by atoms with Crippen LogP contribution < -0.4 is 16.7 Å². The van der Waals surface area contributed by atoms with Crippen molar-refractivity contribution in [1.29, 1.82) is 0 Å². The summed E-state index contributed by atoms with van der Waals surface area (Å²) >= 11 is 5.90. The predicted molar refractivity (Wildman–Crippen MR) is 130 cm³/mol. The van der Waals surface area contributed by atoms with E-state index < -0.39 is 30.4 Å². The zero-order valence-corrected chi connectivity index (χ0v) is 20.3. The Morgan fingerprint density at radius 1 is 1.18 bits per heavy atom. The number of nitrogens with one attached hydrogen (secondary N) is 1. The van der Waals surface area contributed by atoms with Crippen LogP contribution >= 0.6 is 11.6 Å². The molecule has 1 atom stereocenters. The number of primary amides is 1. The number of aliphatic hydroxyl groups excluding tert-OH is 1. The number of anilines is 1. The van der Waals surface area contributed by atoms with Crippen LogP contribution in [0.25, 0.3) is 17.1 Å². The van der Waals surface area contributed by atoms with Crippen molar-refractivity contribution in [2.75, 3.05) is 11.9 Å². The van der Waals surface area contributed by atoms with Crippen molar-refractivity contribution in [3.05, 3.63) is 70.4 Å². The molecule has 16 heteroatoms. The smallest absolute Gasteiger partial charge is 0.383 e. The van der Waals surface area contributed by atoms with E-state index in [-0.39, 0.29) is 31.2 Å². The molecule has 0 bridgehead atoms. The normalized spacial score (nSPS) is 12.4. The van der Waals surface area contributed by atoms with Gasteiger partial charge in [-0.3, -0.25) is 14.3 Å². The molecule has 0 aliphatic rings. The third-order valence-corrected chi connectivity index (χ3v) is 5.57. The highest BCUT2D eigenvalue weighted by molar-refractivity contribution is 6.30. The molecule has 0 spiro atoms. The van der Waals surface area contributed by atoms with Gasteiger partial charge in [-0.2, -0.15) is 13.2 Å². The number of hydrogen-bond donors (Lipinski definition) is 3. The van der Waals surface area contributed by atoms with Crippen molar-refractivity contribution in [3.8, 4) is 17.1 Å². The summed E-state index contributed by atoms with van der Waals surface area (Å²) in [5, 5.41) is 21.6.